The molecule has 1 saturated carbocycles. The Morgan fingerprint density at radius 1 is 0.947 bits per heavy atom. The Kier molecular flexibility index (Phi) is 9.45. The Balaban J connectivity index is 0.838. The van der Waals surface area contributed by atoms with Gasteiger partial charge >= 0.3 is 0 Å². The van der Waals surface area contributed by atoms with Gasteiger partial charge in [0.05, 0.1) is 27.3 Å². The van der Waals surface area contributed by atoms with Crippen LogP contribution in [0.1, 0.15) is 101 Å². The molecule has 1 unspecified atom stereocenters. The summed E-state index contributed by atoms with van der Waals surface area (Å²) in [6, 6.07) is 16.9. The van der Waals surface area contributed by atoms with E-state index in [4.69, 9.17) is 16.3 Å². The standard InChI is InChI=1S/C43H45ClN6O7/c1-41(2)39(42(3,4)40(41)57-29-10-7-25(20-45)32(44)19-29)47-35(52)24-5-8-28(9-6-24)49-15-13-43(56,14-16-49)23-48-21-26-17-30-31(18-27(26)22-48)38(55)50(37(30)54)33-11-12-34(51)46-36(33)53/h5-10,17-19,33,39-40,56H,11-16,21-23H2,1-4H3,(H,47,52)(H,46,51,53). The summed E-state index contributed by atoms with van der Waals surface area (Å²) in [5.74, 6) is -1.69. The number of nitrogens with zero attached hydrogens (tertiary/aromatic N) is 4. The Hall–Kier alpha value is -5.29. The number of nitrogens with one attached hydrogen (secondary N) is 2. The fourth-order valence-corrected chi connectivity index (χ4v) is 10.2. The van der Waals surface area contributed by atoms with Crippen LogP contribution in [0.5, 0.6) is 5.75 Å². The lowest BCUT2D eigenvalue weighted by Crippen LogP contribution is -2.74. The third kappa shape index (κ3) is 6.73. The molecule has 8 rings (SSSR count). The number of anilines is 1. The third-order valence-electron chi connectivity index (χ3n) is 12.7. The first-order valence-corrected chi connectivity index (χ1v) is 19.7. The number of imide groups is 2. The number of hydrogen-bond donors (Lipinski definition) is 3. The first kappa shape index (κ1) is 38.6. The summed E-state index contributed by atoms with van der Waals surface area (Å²) in [6.45, 7) is 11.0. The van der Waals surface area contributed by atoms with Gasteiger partial charge in [0.15, 0.2) is 0 Å². The van der Waals surface area contributed by atoms with Crippen LogP contribution in [0.25, 0.3) is 0 Å². The van der Waals surface area contributed by atoms with E-state index in [0.717, 1.165) is 21.7 Å². The van der Waals surface area contributed by atoms with Crippen LogP contribution < -0.4 is 20.3 Å². The van der Waals surface area contributed by atoms with Crippen molar-refractivity contribution >= 4 is 46.8 Å². The van der Waals surface area contributed by atoms with E-state index in [-0.39, 0.29) is 52.9 Å². The van der Waals surface area contributed by atoms with Gasteiger partial charge in [-0.15, -0.1) is 0 Å². The molecule has 13 nitrogen and oxygen atoms in total. The van der Waals surface area contributed by atoms with Crippen LogP contribution in [-0.4, -0.2) is 87.9 Å². The van der Waals surface area contributed by atoms with Crippen LogP contribution >= 0.6 is 11.6 Å². The average Bonchev–Trinajstić information content (AvgIpc) is 3.67. The number of hydrogen-bond acceptors (Lipinski definition) is 10. The summed E-state index contributed by atoms with van der Waals surface area (Å²) < 4.78 is 6.36. The number of halogens is 1. The fourth-order valence-electron chi connectivity index (χ4n) is 9.94. The van der Waals surface area contributed by atoms with Gasteiger partial charge in [-0.05, 0) is 78.9 Å². The van der Waals surface area contributed by atoms with Crippen molar-refractivity contribution in [3.8, 4) is 11.8 Å². The maximum Gasteiger partial charge on any atom is 0.262 e. The van der Waals surface area contributed by atoms with Crippen molar-refractivity contribution in [3.63, 3.8) is 0 Å². The molecule has 0 spiro atoms. The highest BCUT2D eigenvalue weighted by molar-refractivity contribution is 6.31. The predicted octanol–water partition coefficient (Wildman–Crippen LogP) is 4.57. The zero-order valence-corrected chi connectivity index (χ0v) is 33.1. The smallest absolute Gasteiger partial charge is 0.262 e. The Bertz CT molecular complexity index is 2200. The molecule has 4 heterocycles. The lowest BCUT2D eigenvalue weighted by molar-refractivity contribution is -0.164. The quantitative estimate of drug-likeness (QED) is 0.275. The second-order valence-corrected chi connectivity index (χ2v) is 17.7. The molecule has 1 aliphatic carbocycles. The van der Waals surface area contributed by atoms with Crippen LogP contribution in [0.4, 0.5) is 5.69 Å². The molecule has 0 radical (unpaired) electrons. The number of benzene rings is 3. The van der Waals surface area contributed by atoms with E-state index in [2.05, 4.69) is 54.2 Å². The molecule has 5 amide bonds. The van der Waals surface area contributed by atoms with E-state index < -0.39 is 35.3 Å². The number of aliphatic hydroxyl groups is 1. The van der Waals surface area contributed by atoms with Gasteiger partial charge in [0.25, 0.3) is 17.7 Å². The topological polar surface area (TPSA) is 172 Å². The SMILES string of the molecule is CC1(C)C(NC(=O)c2ccc(N3CCC(O)(CN4Cc5cc6c(cc5C4)C(=O)N(C4CCC(=O)NC4=O)C6=O)CC3)cc2)C(C)(C)C1Oc1ccc(C#N)c(Cl)c1. The molecule has 0 bridgehead atoms. The highest BCUT2D eigenvalue weighted by atomic mass is 35.5. The molecule has 4 aliphatic heterocycles. The molecule has 1 atom stereocenters. The minimum Gasteiger partial charge on any atom is -0.489 e. The maximum absolute atomic E-state index is 13.5. The molecule has 0 aromatic heterocycles. The lowest BCUT2D eigenvalue weighted by atomic mass is 9.49. The lowest BCUT2D eigenvalue weighted by Gasteiger charge is -2.63. The molecular weight excluding hydrogens is 748 g/mol. The Morgan fingerprint density at radius 3 is 2.12 bits per heavy atom. The number of rotatable bonds is 8. The number of nitriles is 1. The van der Waals surface area contributed by atoms with Crippen LogP contribution in [0, 0.1) is 22.2 Å². The van der Waals surface area contributed by atoms with E-state index in [1.54, 1.807) is 30.3 Å². The van der Waals surface area contributed by atoms with Gasteiger partial charge in [0.1, 0.15) is 24.0 Å². The van der Waals surface area contributed by atoms with E-state index in [1.807, 2.05) is 24.3 Å². The van der Waals surface area contributed by atoms with Crippen molar-refractivity contribution in [1.82, 2.24) is 20.4 Å². The van der Waals surface area contributed by atoms with Crippen LogP contribution in [0.15, 0.2) is 54.6 Å². The van der Waals surface area contributed by atoms with Gasteiger partial charge in [-0.2, -0.15) is 5.26 Å². The molecule has 3 fully saturated rings. The molecule has 3 aromatic rings. The van der Waals surface area contributed by atoms with Crippen molar-refractivity contribution in [2.75, 3.05) is 24.5 Å². The Morgan fingerprint density at radius 2 is 1.56 bits per heavy atom. The van der Waals surface area contributed by atoms with E-state index in [9.17, 15) is 34.3 Å². The average molecular weight is 793 g/mol. The zero-order chi connectivity index (χ0) is 40.6. The monoisotopic (exact) mass is 792 g/mol. The van der Waals surface area contributed by atoms with Crippen LogP contribution in [0.3, 0.4) is 0 Å². The number of carbonyl (C=O) groups excluding carboxylic acids is 5. The first-order valence-electron chi connectivity index (χ1n) is 19.3. The van der Waals surface area contributed by atoms with Crippen molar-refractivity contribution in [3.05, 3.63) is 93.0 Å². The van der Waals surface area contributed by atoms with Gasteiger partial charge < -0.3 is 20.1 Å². The number of ether oxygens (including phenoxy) is 1. The van der Waals surface area contributed by atoms with Gasteiger partial charge in [-0.1, -0.05) is 39.3 Å². The summed E-state index contributed by atoms with van der Waals surface area (Å²) in [6.07, 6.45) is 1.05. The molecule has 3 aromatic carbocycles. The number of β-amino-alcohol motifs (C(OH)–C–C–N with tert-alkyl or cyclic N) is 1. The van der Waals surface area contributed by atoms with Gasteiger partial charge in [-0.25, -0.2) is 0 Å². The second kappa shape index (κ2) is 14.0. The minimum atomic E-state index is -1.00. The number of carbonyl (C=O) groups is 5. The molecule has 57 heavy (non-hydrogen) atoms. The van der Waals surface area contributed by atoms with E-state index in [1.165, 1.54) is 0 Å². The van der Waals surface area contributed by atoms with Gasteiger partial charge in [0, 0.05) is 73.3 Å². The summed E-state index contributed by atoms with van der Waals surface area (Å²) >= 11 is 6.24. The molecule has 2 saturated heterocycles. The number of piperidine rings is 2. The molecule has 3 N–H and O–H groups in total. The number of amides is 5. The first-order chi connectivity index (χ1) is 27.0. The zero-order valence-electron chi connectivity index (χ0n) is 32.4. The molecule has 5 aliphatic rings. The maximum atomic E-state index is 13.5. The van der Waals surface area contributed by atoms with Crippen molar-refractivity contribution in [2.24, 2.45) is 10.8 Å². The predicted molar refractivity (Wildman–Crippen MR) is 209 cm³/mol. The van der Waals surface area contributed by atoms with E-state index in [0.29, 0.717) is 67.5 Å². The second-order valence-electron chi connectivity index (χ2n) is 17.3. The summed E-state index contributed by atoms with van der Waals surface area (Å²) in [5.41, 5.74) is 2.56. The highest BCUT2D eigenvalue weighted by Gasteiger charge is 2.64. The molecule has 14 heteroatoms. The Labute approximate surface area is 335 Å². The van der Waals surface area contributed by atoms with Crippen LogP contribution in [-0.2, 0) is 22.7 Å². The normalized spacial score (nSPS) is 24.6. The van der Waals surface area contributed by atoms with Crippen molar-refractivity contribution in [2.45, 2.75) is 90.3 Å². The molecular formula is C43H45ClN6O7. The van der Waals surface area contributed by atoms with Crippen molar-refractivity contribution in [1.29, 1.82) is 5.26 Å². The van der Waals surface area contributed by atoms with Gasteiger partial charge in [-0.3, -0.25) is 39.1 Å². The summed E-state index contributed by atoms with van der Waals surface area (Å²) in [4.78, 5) is 69.5. The number of fused-ring (bicyclic) bond motifs is 2. The minimum absolute atomic E-state index is 0.0676. The van der Waals surface area contributed by atoms with E-state index >= 15 is 0 Å². The third-order valence-corrected chi connectivity index (χ3v) is 13.0. The largest absolute Gasteiger partial charge is 0.489 e. The van der Waals surface area contributed by atoms with Crippen molar-refractivity contribution < 1.29 is 33.8 Å². The fraction of sp³-hybridized carbons (Fsp3) is 0.442. The van der Waals surface area contributed by atoms with Crippen LogP contribution in [0.2, 0.25) is 5.02 Å². The summed E-state index contributed by atoms with van der Waals surface area (Å²) in [7, 11) is 0. The molecule has 296 valence electrons. The van der Waals surface area contributed by atoms with Gasteiger partial charge in [0.2, 0.25) is 11.8 Å². The summed E-state index contributed by atoms with van der Waals surface area (Å²) in [5, 5.41) is 26.7. The highest BCUT2D eigenvalue weighted by Crippen LogP contribution is 2.55.